The van der Waals surface area contributed by atoms with E-state index >= 15 is 0 Å². The molecule has 4 rings (SSSR count). The molecule has 0 aromatic heterocycles. The maximum Gasteiger partial charge on any atom is 0.504 e. The van der Waals surface area contributed by atoms with Crippen LogP contribution < -0.4 is 4.65 Å². The van der Waals surface area contributed by atoms with Crippen LogP contribution in [0.2, 0.25) is 0 Å². The predicted molar refractivity (Wildman–Crippen MR) is 83.1 cm³/mol. The standard InChI is InChI=1S/C17H13BO2/c1-10-6-7-14-15(20-18-19)9-8-13-11-4-2-3-5-12(11)16(10)17(13)14/h2-9,18-19H,1H3. The molecule has 0 unspecified atom stereocenters. The molecule has 0 spiro atoms. The van der Waals surface area contributed by atoms with E-state index in [0.29, 0.717) is 0 Å². The summed E-state index contributed by atoms with van der Waals surface area (Å²) in [7, 11) is -0.301. The molecule has 3 heteroatoms. The maximum absolute atomic E-state index is 9.04. The number of aryl methyl sites for hydroxylation is 1. The lowest BCUT2D eigenvalue weighted by molar-refractivity contribution is 0.457. The summed E-state index contributed by atoms with van der Waals surface area (Å²) in [5.41, 5.74) is 6.37. The van der Waals surface area contributed by atoms with Gasteiger partial charge in [-0.05, 0) is 40.8 Å². The van der Waals surface area contributed by atoms with Crippen molar-refractivity contribution in [2.45, 2.75) is 6.92 Å². The number of fused-ring (bicyclic) bond motifs is 3. The minimum atomic E-state index is -0.301. The average molecular weight is 260 g/mol. The Kier molecular flexibility index (Phi) is 2.38. The van der Waals surface area contributed by atoms with Crippen LogP contribution in [0.25, 0.3) is 33.0 Å². The van der Waals surface area contributed by atoms with Crippen LogP contribution in [0, 0.1) is 6.92 Å². The van der Waals surface area contributed by atoms with Gasteiger partial charge in [0, 0.05) is 10.8 Å². The molecule has 0 saturated heterocycles. The SMILES string of the molecule is Cc1ccc2c(OBO)ccc3c2c1-c1ccccc1-3. The van der Waals surface area contributed by atoms with E-state index in [1.165, 1.54) is 33.2 Å². The smallest absolute Gasteiger partial charge is 0.504 e. The molecule has 0 atom stereocenters. The van der Waals surface area contributed by atoms with Crippen molar-refractivity contribution in [2.75, 3.05) is 0 Å². The molecule has 96 valence electrons. The summed E-state index contributed by atoms with van der Waals surface area (Å²) in [5, 5.41) is 11.3. The van der Waals surface area contributed by atoms with Gasteiger partial charge in [-0.15, -0.1) is 0 Å². The van der Waals surface area contributed by atoms with E-state index in [9.17, 15) is 0 Å². The summed E-state index contributed by atoms with van der Waals surface area (Å²) in [6, 6.07) is 16.7. The van der Waals surface area contributed by atoms with E-state index in [1.807, 2.05) is 6.07 Å². The van der Waals surface area contributed by atoms with Gasteiger partial charge in [0.15, 0.2) is 0 Å². The van der Waals surface area contributed by atoms with Crippen molar-refractivity contribution in [1.82, 2.24) is 0 Å². The van der Waals surface area contributed by atoms with Crippen LogP contribution in [0.5, 0.6) is 5.75 Å². The molecule has 1 aliphatic carbocycles. The summed E-state index contributed by atoms with van der Waals surface area (Å²) in [6.07, 6.45) is 0. The Balaban J connectivity index is 2.17. The second-order valence-corrected chi connectivity index (χ2v) is 5.11. The topological polar surface area (TPSA) is 29.5 Å². The molecule has 0 saturated carbocycles. The van der Waals surface area contributed by atoms with Crippen LogP contribution in [0.3, 0.4) is 0 Å². The lowest BCUT2D eigenvalue weighted by Crippen LogP contribution is -2.00. The largest absolute Gasteiger partial charge is 0.538 e. The molecular weight excluding hydrogens is 247 g/mol. The summed E-state index contributed by atoms with van der Waals surface area (Å²) in [6.45, 7) is 2.14. The predicted octanol–water partition coefficient (Wildman–Crippen LogP) is 3.43. The molecule has 1 N–H and O–H groups in total. The highest BCUT2D eigenvalue weighted by atomic mass is 16.5. The molecule has 0 bridgehead atoms. The Morgan fingerprint density at radius 3 is 2.50 bits per heavy atom. The van der Waals surface area contributed by atoms with Crippen LogP contribution in [-0.4, -0.2) is 12.7 Å². The molecular formula is C17H13BO2. The lowest BCUT2D eigenvalue weighted by atomic mass is 9.98. The van der Waals surface area contributed by atoms with Gasteiger partial charge in [0.05, 0.1) is 0 Å². The van der Waals surface area contributed by atoms with Crippen molar-refractivity contribution in [3.63, 3.8) is 0 Å². The average Bonchev–Trinajstić information content (AvgIpc) is 2.81. The quantitative estimate of drug-likeness (QED) is 0.559. The first kappa shape index (κ1) is 11.6. The van der Waals surface area contributed by atoms with Crippen molar-refractivity contribution in [2.24, 2.45) is 0 Å². The Morgan fingerprint density at radius 1 is 0.900 bits per heavy atom. The Morgan fingerprint density at radius 2 is 1.70 bits per heavy atom. The fourth-order valence-electron chi connectivity index (χ4n) is 3.23. The fraction of sp³-hybridized carbons (Fsp3) is 0.0588. The second kappa shape index (κ2) is 4.12. The summed E-state index contributed by atoms with van der Waals surface area (Å²) in [5.74, 6) is 0.736. The first-order chi connectivity index (χ1) is 9.81. The zero-order valence-electron chi connectivity index (χ0n) is 11.2. The van der Waals surface area contributed by atoms with Gasteiger partial charge in [-0.1, -0.05) is 42.5 Å². The minimum absolute atomic E-state index is 0.301. The molecule has 0 fully saturated rings. The fourth-order valence-corrected chi connectivity index (χ4v) is 3.23. The maximum atomic E-state index is 9.04. The van der Waals surface area contributed by atoms with Gasteiger partial charge in [0.25, 0.3) is 0 Å². The van der Waals surface area contributed by atoms with Gasteiger partial charge in [0.1, 0.15) is 5.75 Å². The van der Waals surface area contributed by atoms with Crippen molar-refractivity contribution in [3.8, 4) is 28.0 Å². The molecule has 1 aliphatic rings. The van der Waals surface area contributed by atoms with Gasteiger partial charge in [0.2, 0.25) is 0 Å². The highest BCUT2D eigenvalue weighted by molar-refractivity contribution is 6.21. The number of hydrogen-bond donors (Lipinski definition) is 1. The van der Waals surface area contributed by atoms with Crippen LogP contribution in [-0.2, 0) is 0 Å². The molecule has 0 aliphatic heterocycles. The van der Waals surface area contributed by atoms with E-state index in [-0.39, 0.29) is 7.69 Å². The van der Waals surface area contributed by atoms with Crippen LogP contribution in [0.1, 0.15) is 5.56 Å². The Bertz CT molecular complexity index is 840. The highest BCUT2D eigenvalue weighted by Gasteiger charge is 2.23. The van der Waals surface area contributed by atoms with Gasteiger partial charge in [-0.3, -0.25) is 0 Å². The van der Waals surface area contributed by atoms with Gasteiger partial charge in [-0.25, -0.2) is 0 Å². The molecule has 3 aromatic carbocycles. The van der Waals surface area contributed by atoms with Crippen molar-refractivity contribution >= 4 is 18.5 Å². The zero-order valence-corrected chi connectivity index (χ0v) is 11.2. The van der Waals surface area contributed by atoms with E-state index in [4.69, 9.17) is 9.68 Å². The molecule has 2 nitrogen and oxygen atoms in total. The third kappa shape index (κ3) is 1.38. The first-order valence-corrected chi connectivity index (χ1v) is 6.71. The molecule has 3 aromatic rings. The summed E-state index contributed by atoms with van der Waals surface area (Å²) >= 11 is 0. The third-order valence-electron chi connectivity index (χ3n) is 4.06. The van der Waals surface area contributed by atoms with Crippen LogP contribution in [0.15, 0.2) is 48.5 Å². The Labute approximate surface area is 117 Å². The third-order valence-corrected chi connectivity index (χ3v) is 4.06. The summed E-state index contributed by atoms with van der Waals surface area (Å²) < 4.78 is 5.35. The van der Waals surface area contributed by atoms with Gasteiger partial charge >= 0.3 is 7.69 Å². The molecule has 0 amide bonds. The monoisotopic (exact) mass is 260 g/mol. The number of benzene rings is 3. The second-order valence-electron chi connectivity index (χ2n) is 5.11. The van der Waals surface area contributed by atoms with Crippen molar-refractivity contribution < 1.29 is 9.68 Å². The molecule has 0 radical (unpaired) electrons. The lowest BCUT2D eigenvalue weighted by Gasteiger charge is -2.10. The van der Waals surface area contributed by atoms with E-state index in [1.54, 1.807) is 0 Å². The molecule has 0 heterocycles. The van der Waals surface area contributed by atoms with Crippen LogP contribution >= 0.6 is 0 Å². The van der Waals surface area contributed by atoms with E-state index in [0.717, 1.165) is 11.1 Å². The molecule has 20 heavy (non-hydrogen) atoms. The van der Waals surface area contributed by atoms with Crippen molar-refractivity contribution in [1.29, 1.82) is 0 Å². The highest BCUT2D eigenvalue weighted by Crippen LogP contribution is 2.50. The normalized spacial score (nSPS) is 11.5. The Hall–Kier alpha value is -2.26. The first-order valence-electron chi connectivity index (χ1n) is 6.71. The number of hydrogen-bond acceptors (Lipinski definition) is 2. The van der Waals surface area contributed by atoms with Gasteiger partial charge < -0.3 is 9.68 Å². The van der Waals surface area contributed by atoms with E-state index < -0.39 is 0 Å². The van der Waals surface area contributed by atoms with Gasteiger partial charge in [-0.2, -0.15) is 0 Å². The number of rotatable bonds is 2. The van der Waals surface area contributed by atoms with Crippen LogP contribution in [0.4, 0.5) is 0 Å². The zero-order chi connectivity index (χ0) is 13.7. The summed E-state index contributed by atoms with van der Waals surface area (Å²) in [4.78, 5) is 0. The minimum Gasteiger partial charge on any atom is -0.538 e. The van der Waals surface area contributed by atoms with Crippen molar-refractivity contribution in [3.05, 3.63) is 54.1 Å². The van der Waals surface area contributed by atoms with E-state index in [2.05, 4.69) is 49.4 Å².